The van der Waals surface area contributed by atoms with Crippen LogP contribution in [0.5, 0.6) is 0 Å². The first-order chi connectivity index (χ1) is 9.96. The Morgan fingerprint density at radius 2 is 1.90 bits per heavy atom. The lowest BCUT2D eigenvalue weighted by atomic mass is 10.0. The third kappa shape index (κ3) is 2.78. The van der Waals surface area contributed by atoms with Crippen LogP contribution in [-0.2, 0) is 14.8 Å². The first-order valence-electron chi connectivity index (χ1n) is 7.17. The Balaban J connectivity index is 1.83. The molecule has 112 valence electrons. The molecule has 2 heterocycles. The van der Waals surface area contributed by atoms with E-state index in [0.29, 0.717) is 30.3 Å². The topological polar surface area (TPSA) is 66.8 Å². The van der Waals surface area contributed by atoms with E-state index in [1.54, 1.807) is 28.6 Å². The molecule has 0 spiro atoms. The van der Waals surface area contributed by atoms with Crippen molar-refractivity contribution < 1.29 is 13.2 Å². The van der Waals surface area contributed by atoms with Crippen molar-refractivity contribution in [1.82, 2.24) is 4.31 Å². The zero-order valence-corrected chi connectivity index (χ0v) is 12.7. The van der Waals surface area contributed by atoms with Crippen LogP contribution in [0.4, 0.5) is 0 Å². The van der Waals surface area contributed by atoms with Gasteiger partial charge in [0.2, 0.25) is 10.0 Å². The van der Waals surface area contributed by atoms with Crippen LogP contribution < -0.4 is 0 Å². The van der Waals surface area contributed by atoms with Crippen LogP contribution in [0.3, 0.4) is 0 Å². The summed E-state index contributed by atoms with van der Waals surface area (Å²) in [6.07, 6.45) is 9.74. The number of nitrogens with zero attached hydrogens (tertiary/aromatic N) is 2. The van der Waals surface area contributed by atoms with E-state index in [2.05, 4.69) is 11.9 Å². The average molecular weight is 306 g/mol. The molecule has 0 aromatic heterocycles. The Morgan fingerprint density at radius 1 is 1.19 bits per heavy atom. The van der Waals surface area contributed by atoms with Crippen molar-refractivity contribution in [1.29, 1.82) is 0 Å². The minimum atomic E-state index is -3.38. The molecule has 1 atom stereocenters. The van der Waals surface area contributed by atoms with Crippen molar-refractivity contribution in [3.63, 3.8) is 0 Å². The van der Waals surface area contributed by atoms with Crippen molar-refractivity contribution in [2.45, 2.75) is 25.0 Å². The molecule has 2 aliphatic heterocycles. The molecular formula is C15H18N2O3S. The molecule has 0 bridgehead atoms. The minimum Gasteiger partial charge on any atom is -0.267 e. The summed E-state index contributed by atoms with van der Waals surface area (Å²) in [7, 11) is -3.38. The van der Waals surface area contributed by atoms with Gasteiger partial charge in [-0.2, -0.15) is 0 Å². The van der Waals surface area contributed by atoms with Gasteiger partial charge in [0.1, 0.15) is 5.25 Å². The van der Waals surface area contributed by atoms with Gasteiger partial charge in [-0.3, -0.25) is 4.79 Å². The highest BCUT2D eigenvalue weighted by Crippen LogP contribution is 2.25. The van der Waals surface area contributed by atoms with Crippen LogP contribution in [-0.4, -0.2) is 42.7 Å². The van der Waals surface area contributed by atoms with E-state index >= 15 is 0 Å². The molecule has 0 aromatic carbocycles. The predicted molar refractivity (Wildman–Crippen MR) is 81.5 cm³/mol. The second kappa shape index (κ2) is 5.35. The lowest BCUT2D eigenvalue weighted by Gasteiger charge is -2.32. The Kier molecular flexibility index (Phi) is 3.67. The minimum absolute atomic E-state index is 0.307. The fourth-order valence-electron chi connectivity index (χ4n) is 2.76. The number of sulfonamides is 1. The molecular weight excluding hydrogens is 288 g/mol. The third-order valence-electron chi connectivity index (χ3n) is 4.17. The molecule has 0 aromatic rings. The maximum Gasteiger partial charge on any atom is 0.270 e. The number of amides is 1. The van der Waals surface area contributed by atoms with E-state index in [-0.39, 0.29) is 5.91 Å². The Morgan fingerprint density at radius 3 is 2.62 bits per heavy atom. The summed E-state index contributed by atoms with van der Waals surface area (Å²) in [5.41, 5.74) is 1.25. The molecule has 1 aliphatic carbocycles. The maximum absolute atomic E-state index is 12.7. The monoisotopic (exact) mass is 306 g/mol. The Hall–Kier alpha value is -1.53. The highest BCUT2D eigenvalue weighted by atomic mass is 32.2. The summed E-state index contributed by atoms with van der Waals surface area (Å²) in [6.45, 7) is 3.33. The van der Waals surface area contributed by atoms with Crippen LogP contribution in [0, 0.1) is 5.92 Å². The van der Waals surface area contributed by atoms with Crippen molar-refractivity contribution in [3.8, 4) is 0 Å². The summed E-state index contributed by atoms with van der Waals surface area (Å²) < 4.78 is 27.0. The Labute approximate surface area is 124 Å². The average Bonchev–Trinajstić information content (AvgIpc) is 2.47. The predicted octanol–water partition coefficient (Wildman–Crippen LogP) is 1.45. The number of rotatable bonds is 2. The van der Waals surface area contributed by atoms with Crippen LogP contribution in [0.25, 0.3) is 0 Å². The molecule has 0 N–H and O–H groups in total. The molecule has 0 saturated carbocycles. The highest BCUT2D eigenvalue weighted by molar-refractivity contribution is 7.90. The van der Waals surface area contributed by atoms with Crippen molar-refractivity contribution >= 4 is 21.6 Å². The van der Waals surface area contributed by atoms with Gasteiger partial charge >= 0.3 is 0 Å². The van der Waals surface area contributed by atoms with Gasteiger partial charge in [-0.25, -0.2) is 17.7 Å². The molecule has 0 radical (unpaired) electrons. The zero-order chi connectivity index (χ0) is 15.0. The number of hydrogen-bond acceptors (Lipinski definition) is 3. The number of dihydropyridines is 1. The first kappa shape index (κ1) is 14.4. The molecule has 1 amide bonds. The molecule has 1 saturated heterocycles. The Bertz CT molecular complexity index is 678. The molecule has 1 fully saturated rings. The fourth-order valence-corrected chi connectivity index (χ4v) is 4.42. The molecule has 3 aliphatic rings. The van der Waals surface area contributed by atoms with Crippen molar-refractivity contribution in [2.75, 3.05) is 13.1 Å². The van der Waals surface area contributed by atoms with Crippen LogP contribution >= 0.6 is 0 Å². The molecule has 21 heavy (non-hydrogen) atoms. The number of allylic oxidation sites excluding steroid dienone is 3. The SMILES string of the molecule is CC1CCN(S(=O)(=O)C2C=CC3=NC(=O)C=CC3=C2)CC1. The van der Waals surface area contributed by atoms with Crippen LogP contribution in [0.2, 0.25) is 0 Å². The van der Waals surface area contributed by atoms with Gasteiger partial charge in [0.15, 0.2) is 0 Å². The number of carbonyl (C=O) groups excluding carboxylic acids is 1. The quantitative estimate of drug-likeness (QED) is 0.775. The van der Waals surface area contributed by atoms with Gasteiger partial charge in [0.25, 0.3) is 5.91 Å². The second-order valence-electron chi connectivity index (χ2n) is 5.74. The lowest BCUT2D eigenvalue weighted by Crippen LogP contribution is -2.42. The number of piperidine rings is 1. The highest BCUT2D eigenvalue weighted by Gasteiger charge is 2.33. The summed E-state index contributed by atoms with van der Waals surface area (Å²) >= 11 is 0. The van der Waals surface area contributed by atoms with E-state index in [0.717, 1.165) is 12.8 Å². The van der Waals surface area contributed by atoms with Gasteiger partial charge < -0.3 is 0 Å². The zero-order valence-electron chi connectivity index (χ0n) is 11.9. The van der Waals surface area contributed by atoms with Gasteiger partial charge in [-0.05, 0) is 36.5 Å². The largest absolute Gasteiger partial charge is 0.270 e. The van der Waals surface area contributed by atoms with E-state index in [9.17, 15) is 13.2 Å². The third-order valence-corrected chi connectivity index (χ3v) is 6.23. The summed E-state index contributed by atoms with van der Waals surface area (Å²) in [6, 6.07) is 0. The van der Waals surface area contributed by atoms with Gasteiger partial charge in [0.05, 0.1) is 5.71 Å². The standard InChI is InChI=1S/C15H18N2O3S/c1-11-6-8-17(9-7-11)21(19,20)13-3-4-14-12(10-13)2-5-15(18)16-14/h2-5,10-11,13H,6-9H2,1H3. The molecule has 5 nitrogen and oxygen atoms in total. The first-order valence-corrected chi connectivity index (χ1v) is 8.67. The number of hydrogen-bond donors (Lipinski definition) is 0. The van der Waals surface area contributed by atoms with E-state index in [1.165, 1.54) is 6.08 Å². The van der Waals surface area contributed by atoms with Gasteiger partial charge in [-0.15, -0.1) is 0 Å². The van der Waals surface area contributed by atoms with E-state index in [1.807, 2.05) is 0 Å². The normalized spacial score (nSPS) is 27.3. The molecule has 3 rings (SSSR count). The smallest absolute Gasteiger partial charge is 0.267 e. The molecule has 1 unspecified atom stereocenters. The number of fused-ring (bicyclic) bond motifs is 1. The van der Waals surface area contributed by atoms with Crippen molar-refractivity contribution in [3.05, 3.63) is 36.0 Å². The van der Waals surface area contributed by atoms with Gasteiger partial charge in [-0.1, -0.05) is 19.1 Å². The molecule has 6 heteroatoms. The summed E-state index contributed by atoms with van der Waals surface area (Å²) in [4.78, 5) is 15.1. The van der Waals surface area contributed by atoms with Crippen LogP contribution in [0.1, 0.15) is 19.8 Å². The van der Waals surface area contributed by atoms with Crippen LogP contribution in [0.15, 0.2) is 40.9 Å². The van der Waals surface area contributed by atoms with E-state index in [4.69, 9.17) is 0 Å². The lowest BCUT2D eigenvalue weighted by molar-refractivity contribution is -0.113. The second-order valence-corrected chi connectivity index (χ2v) is 7.83. The fraction of sp³-hybridized carbons (Fsp3) is 0.467. The maximum atomic E-state index is 12.7. The number of carbonyl (C=O) groups is 1. The summed E-state index contributed by atoms with van der Waals surface area (Å²) in [5, 5.41) is -0.669. The summed E-state index contributed by atoms with van der Waals surface area (Å²) in [5.74, 6) is 0.279. The van der Waals surface area contributed by atoms with E-state index < -0.39 is 15.3 Å². The van der Waals surface area contributed by atoms with Gasteiger partial charge in [0, 0.05) is 19.2 Å². The van der Waals surface area contributed by atoms with Crippen molar-refractivity contribution in [2.24, 2.45) is 10.9 Å². The number of aliphatic imine (C=N–C) groups is 1.